The van der Waals surface area contributed by atoms with Crippen LogP contribution in [0.4, 0.5) is 0 Å². The van der Waals surface area contributed by atoms with Crippen LogP contribution >= 0.6 is 0 Å². The van der Waals surface area contributed by atoms with Crippen molar-refractivity contribution >= 4 is 21.9 Å². The van der Waals surface area contributed by atoms with E-state index in [0.717, 1.165) is 12.8 Å². The van der Waals surface area contributed by atoms with Crippen molar-refractivity contribution in [1.29, 1.82) is 0 Å². The number of unbranched alkanes of at least 4 members (excludes halogenated alkanes) is 5. The van der Waals surface area contributed by atoms with E-state index in [9.17, 15) is 15.0 Å². The lowest BCUT2D eigenvalue weighted by Gasteiger charge is -2.32. The summed E-state index contributed by atoms with van der Waals surface area (Å²) in [6, 6.07) is 4.60. The lowest BCUT2D eigenvalue weighted by molar-refractivity contribution is -0.118. The van der Waals surface area contributed by atoms with E-state index < -0.39 is 29.5 Å². The van der Waals surface area contributed by atoms with Crippen molar-refractivity contribution in [2.24, 2.45) is 0 Å². The van der Waals surface area contributed by atoms with Gasteiger partial charge in [0.15, 0.2) is 11.2 Å². The molecule has 0 saturated carbocycles. The van der Waals surface area contributed by atoms with Crippen molar-refractivity contribution < 1.29 is 33.3 Å². The number of hydrogen-bond acceptors (Lipinski definition) is 8. The van der Waals surface area contributed by atoms with E-state index in [1.54, 1.807) is 32.1 Å². The fourth-order valence-electron chi connectivity index (χ4n) is 4.29. The molecule has 0 radical (unpaired) electrons. The second-order valence-corrected chi connectivity index (χ2v) is 10.3. The molecule has 2 heterocycles. The van der Waals surface area contributed by atoms with Crippen molar-refractivity contribution in [3.05, 3.63) is 59.7 Å². The summed E-state index contributed by atoms with van der Waals surface area (Å²) in [6.45, 7) is 9.12. The summed E-state index contributed by atoms with van der Waals surface area (Å²) in [5.74, 6) is 11.5. The van der Waals surface area contributed by atoms with E-state index in [1.165, 1.54) is 51.2 Å². The van der Waals surface area contributed by atoms with Crippen LogP contribution < -0.4 is 15.1 Å². The summed E-state index contributed by atoms with van der Waals surface area (Å²) < 4.78 is 28.5. The minimum atomic E-state index is -1.13. The highest BCUT2D eigenvalue weighted by Crippen LogP contribution is 2.42. The standard InChI is InChI=1S/C34H40O8/c1-6-8-9-10-11-12-13-16-24(35)17-14-15-18-25(7-2)42-34(3,4)28(36)23-40-33-31-27(21-22-39-31)30(38-5)26-19-20-29(37)41-32(26)33/h7,13,16,19-22,24-25,28,35-36H,2,6,8-12,23H2,1,3-5H3/b16-13-. The predicted molar refractivity (Wildman–Crippen MR) is 164 cm³/mol. The Morgan fingerprint density at radius 3 is 2.50 bits per heavy atom. The van der Waals surface area contributed by atoms with E-state index >= 15 is 0 Å². The van der Waals surface area contributed by atoms with Gasteiger partial charge in [-0.3, -0.25) is 0 Å². The van der Waals surface area contributed by atoms with Gasteiger partial charge in [-0.2, -0.15) is 0 Å². The van der Waals surface area contributed by atoms with Gasteiger partial charge in [-0.05, 0) is 56.7 Å². The largest absolute Gasteiger partial charge is 0.495 e. The molecule has 0 aliphatic rings. The molecule has 0 amide bonds. The Morgan fingerprint density at radius 1 is 1.02 bits per heavy atom. The van der Waals surface area contributed by atoms with Gasteiger partial charge in [-0.1, -0.05) is 63.2 Å². The van der Waals surface area contributed by atoms with Gasteiger partial charge in [0.2, 0.25) is 5.75 Å². The first-order chi connectivity index (χ1) is 20.2. The molecule has 3 atom stereocenters. The molecule has 0 saturated heterocycles. The van der Waals surface area contributed by atoms with Crippen LogP contribution in [0.5, 0.6) is 11.5 Å². The Bertz CT molecular complexity index is 1540. The number of benzene rings is 1. The highest BCUT2D eigenvalue weighted by Gasteiger charge is 2.32. The van der Waals surface area contributed by atoms with E-state index in [-0.39, 0.29) is 17.9 Å². The van der Waals surface area contributed by atoms with Crippen LogP contribution in [0.15, 0.2) is 62.9 Å². The van der Waals surface area contributed by atoms with Crippen LogP contribution in [0.1, 0.15) is 59.3 Å². The number of fused-ring (bicyclic) bond motifs is 2. The summed E-state index contributed by atoms with van der Waals surface area (Å²) in [5, 5.41) is 22.2. The SMILES string of the molecule is C=CC(C#CC#CC(O)/C=C\CCCCCCC)OC(C)(C)C(O)COc1c2occc2c(OC)c2ccc(=O)oc12. The zero-order valence-electron chi connectivity index (χ0n) is 24.8. The quantitative estimate of drug-likeness (QED) is 0.0993. The minimum Gasteiger partial charge on any atom is -0.495 e. The topological polar surface area (TPSA) is 112 Å². The zero-order chi connectivity index (χ0) is 30.5. The second-order valence-electron chi connectivity index (χ2n) is 10.3. The van der Waals surface area contributed by atoms with Gasteiger partial charge in [-0.15, -0.1) is 0 Å². The maximum absolute atomic E-state index is 12.0. The average Bonchev–Trinajstić information content (AvgIpc) is 3.45. The molecule has 42 heavy (non-hydrogen) atoms. The van der Waals surface area contributed by atoms with E-state index in [1.807, 2.05) is 6.08 Å². The minimum absolute atomic E-state index is 0.144. The molecular weight excluding hydrogens is 536 g/mol. The van der Waals surface area contributed by atoms with Crippen LogP contribution in [0.25, 0.3) is 21.9 Å². The number of ether oxygens (including phenoxy) is 3. The van der Waals surface area contributed by atoms with Crippen molar-refractivity contribution in [3.8, 4) is 35.2 Å². The first kappa shape index (κ1) is 32.6. The molecule has 0 aliphatic carbocycles. The van der Waals surface area contributed by atoms with Gasteiger partial charge in [-0.25, -0.2) is 4.79 Å². The number of hydrogen-bond donors (Lipinski definition) is 2. The fourth-order valence-corrected chi connectivity index (χ4v) is 4.29. The molecule has 2 N–H and O–H groups in total. The van der Waals surface area contributed by atoms with E-state index in [4.69, 9.17) is 23.0 Å². The number of aliphatic hydroxyl groups excluding tert-OH is 2. The lowest BCUT2D eigenvalue weighted by atomic mass is 10.0. The number of furan rings is 1. The summed E-state index contributed by atoms with van der Waals surface area (Å²) in [4.78, 5) is 12.0. The van der Waals surface area contributed by atoms with Gasteiger partial charge < -0.3 is 33.3 Å². The number of allylic oxidation sites excluding steroid dienone is 1. The summed E-state index contributed by atoms with van der Waals surface area (Å²) >= 11 is 0. The highest BCUT2D eigenvalue weighted by molar-refractivity contribution is 6.06. The average molecular weight is 577 g/mol. The van der Waals surface area contributed by atoms with Gasteiger partial charge in [0, 0.05) is 6.07 Å². The Labute approximate surface area is 246 Å². The maximum Gasteiger partial charge on any atom is 0.336 e. The van der Waals surface area contributed by atoms with Crippen LogP contribution in [-0.2, 0) is 4.74 Å². The van der Waals surface area contributed by atoms with Crippen LogP contribution in [0, 0.1) is 23.7 Å². The number of rotatable bonds is 15. The summed E-state index contributed by atoms with van der Waals surface area (Å²) in [5.41, 5.74) is -1.23. The number of aliphatic hydroxyl groups is 2. The second kappa shape index (κ2) is 15.9. The summed E-state index contributed by atoms with van der Waals surface area (Å²) in [7, 11) is 1.51. The molecule has 0 fully saturated rings. The first-order valence-corrected chi connectivity index (χ1v) is 14.2. The molecular formula is C34H40O8. The molecule has 8 nitrogen and oxygen atoms in total. The zero-order valence-corrected chi connectivity index (χ0v) is 24.8. The third kappa shape index (κ3) is 8.77. The normalized spacial score (nSPS) is 13.7. The van der Waals surface area contributed by atoms with Gasteiger partial charge in [0.05, 0.1) is 29.7 Å². The smallest absolute Gasteiger partial charge is 0.336 e. The molecule has 0 aliphatic heterocycles. The lowest BCUT2D eigenvalue weighted by Crippen LogP contribution is -2.44. The highest BCUT2D eigenvalue weighted by atomic mass is 16.5. The monoisotopic (exact) mass is 576 g/mol. The van der Waals surface area contributed by atoms with Crippen LogP contribution in [-0.4, -0.2) is 47.8 Å². The molecule has 8 heteroatoms. The predicted octanol–water partition coefficient (Wildman–Crippen LogP) is 5.92. The maximum atomic E-state index is 12.0. The Hall–Kier alpha value is -3.95. The van der Waals surface area contributed by atoms with Crippen LogP contribution in [0.3, 0.4) is 0 Å². The third-order valence-electron chi connectivity index (χ3n) is 6.73. The van der Waals surface area contributed by atoms with E-state index in [2.05, 4.69) is 37.2 Å². The molecule has 3 unspecified atom stereocenters. The fraction of sp³-hybridized carbons (Fsp3) is 0.441. The Morgan fingerprint density at radius 2 is 1.76 bits per heavy atom. The van der Waals surface area contributed by atoms with Crippen LogP contribution in [0.2, 0.25) is 0 Å². The molecule has 3 aromatic rings. The molecule has 224 valence electrons. The molecule has 3 rings (SSSR count). The molecule has 0 bridgehead atoms. The van der Waals surface area contributed by atoms with Crippen molar-refractivity contribution in [3.63, 3.8) is 0 Å². The molecule has 1 aromatic carbocycles. The first-order valence-electron chi connectivity index (χ1n) is 14.2. The Balaban J connectivity index is 1.63. The van der Waals surface area contributed by atoms with Gasteiger partial charge in [0.1, 0.15) is 30.7 Å². The van der Waals surface area contributed by atoms with Crippen molar-refractivity contribution in [2.45, 2.75) is 83.2 Å². The molecule has 0 spiro atoms. The van der Waals surface area contributed by atoms with E-state index in [0.29, 0.717) is 22.1 Å². The Kier molecular flexibility index (Phi) is 12.3. The number of methoxy groups -OCH3 is 1. The van der Waals surface area contributed by atoms with Gasteiger partial charge >= 0.3 is 5.63 Å². The van der Waals surface area contributed by atoms with Crippen molar-refractivity contribution in [1.82, 2.24) is 0 Å². The third-order valence-corrected chi connectivity index (χ3v) is 6.73. The van der Waals surface area contributed by atoms with Crippen molar-refractivity contribution in [2.75, 3.05) is 13.7 Å². The van der Waals surface area contributed by atoms with Gasteiger partial charge in [0.25, 0.3) is 0 Å². The molecule has 2 aromatic heterocycles. The summed E-state index contributed by atoms with van der Waals surface area (Å²) in [6.07, 6.45) is 10.7.